The van der Waals surface area contributed by atoms with E-state index in [0.717, 1.165) is 13.0 Å². The van der Waals surface area contributed by atoms with E-state index in [4.69, 9.17) is 0 Å². The lowest BCUT2D eigenvalue weighted by molar-refractivity contribution is 0.729. The highest BCUT2D eigenvalue weighted by atomic mass is 35.5. The van der Waals surface area contributed by atoms with Gasteiger partial charge in [0.15, 0.2) is 0 Å². The molecule has 0 amide bonds. The minimum absolute atomic E-state index is 0. The second kappa shape index (κ2) is 5.56. The molecule has 3 rings (SSSR count). The van der Waals surface area contributed by atoms with E-state index in [2.05, 4.69) is 41.2 Å². The third-order valence-corrected chi connectivity index (χ3v) is 3.14. The van der Waals surface area contributed by atoms with Gasteiger partial charge in [-0.1, -0.05) is 24.3 Å². The Balaban J connectivity index is 0.000000722. The van der Waals surface area contributed by atoms with Crippen molar-refractivity contribution in [1.82, 2.24) is 4.98 Å². The first kappa shape index (κ1) is 14.1. The number of benzene rings is 1. The zero-order valence-corrected chi connectivity index (χ0v) is 11.4. The largest absolute Gasteiger partial charge is 0.373 e. The van der Waals surface area contributed by atoms with Gasteiger partial charge in [0.05, 0.1) is 11.4 Å². The molecule has 1 aromatic heterocycles. The summed E-state index contributed by atoms with van der Waals surface area (Å²) in [7, 11) is 2.16. The number of aromatic nitrogens is 1. The Morgan fingerprint density at radius 1 is 1.18 bits per heavy atom. The van der Waals surface area contributed by atoms with Crippen LogP contribution in [0.15, 0.2) is 30.5 Å². The van der Waals surface area contributed by atoms with Crippen LogP contribution in [0.4, 0.5) is 5.69 Å². The molecule has 0 bridgehead atoms. The fourth-order valence-electron chi connectivity index (χ4n) is 2.39. The lowest BCUT2D eigenvalue weighted by atomic mass is 10.0. The molecule has 1 aromatic carbocycles. The quantitative estimate of drug-likeness (QED) is 0.729. The van der Waals surface area contributed by atoms with Crippen LogP contribution in [0.2, 0.25) is 0 Å². The Kier molecular flexibility index (Phi) is 4.61. The molecule has 0 unspecified atom stereocenters. The summed E-state index contributed by atoms with van der Waals surface area (Å²) < 4.78 is 0. The number of hydrogen-bond donors (Lipinski definition) is 0. The molecular weight excluding hydrogens is 255 g/mol. The van der Waals surface area contributed by atoms with Crippen LogP contribution in [0, 0.1) is 0 Å². The number of anilines is 1. The van der Waals surface area contributed by atoms with Crippen molar-refractivity contribution in [3.63, 3.8) is 0 Å². The van der Waals surface area contributed by atoms with Crippen LogP contribution in [0.1, 0.15) is 12.1 Å². The molecule has 1 aliphatic heterocycles. The number of rotatable bonds is 0. The molecular formula is C13H16Cl2N2. The van der Waals surface area contributed by atoms with E-state index in [1.165, 1.54) is 28.6 Å². The molecule has 2 nitrogen and oxygen atoms in total. The average Bonchev–Trinajstić information content (AvgIpc) is 2.29. The lowest BCUT2D eigenvalue weighted by Gasteiger charge is -2.27. The first-order valence-corrected chi connectivity index (χ1v) is 5.44. The molecule has 17 heavy (non-hydrogen) atoms. The van der Waals surface area contributed by atoms with Gasteiger partial charge in [-0.2, -0.15) is 0 Å². The summed E-state index contributed by atoms with van der Waals surface area (Å²) in [4.78, 5) is 6.88. The van der Waals surface area contributed by atoms with Crippen LogP contribution in [-0.2, 0) is 6.42 Å². The van der Waals surface area contributed by atoms with Crippen LogP contribution < -0.4 is 4.90 Å². The summed E-state index contributed by atoms with van der Waals surface area (Å²) in [6, 6.07) is 8.49. The lowest BCUT2D eigenvalue weighted by Crippen LogP contribution is -2.25. The smallest absolute Gasteiger partial charge is 0.0662 e. The van der Waals surface area contributed by atoms with Gasteiger partial charge >= 0.3 is 0 Å². The zero-order valence-electron chi connectivity index (χ0n) is 9.72. The van der Waals surface area contributed by atoms with Gasteiger partial charge in [-0.05, 0) is 12.8 Å². The van der Waals surface area contributed by atoms with Crippen molar-refractivity contribution in [2.24, 2.45) is 0 Å². The summed E-state index contributed by atoms with van der Waals surface area (Å²) in [5.41, 5.74) is 2.59. The fourth-order valence-corrected chi connectivity index (χ4v) is 2.39. The van der Waals surface area contributed by atoms with E-state index in [9.17, 15) is 0 Å². The van der Waals surface area contributed by atoms with Crippen LogP contribution >= 0.6 is 24.8 Å². The first-order valence-electron chi connectivity index (χ1n) is 5.44. The van der Waals surface area contributed by atoms with Crippen molar-refractivity contribution in [2.45, 2.75) is 12.8 Å². The van der Waals surface area contributed by atoms with Gasteiger partial charge < -0.3 is 4.90 Å². The Labute approximate surface area is 114 Å². The molecule has 0 spiro atoms. The predicted octanol–water partition coefficient (Wildman–Crippen LogP) is 3.46. The van der Waals surface area contributed by atoms with Gasteiger partial charge in [0.2, 0.25) is 0 Å². The highest BCUT2D eigenvalue weighted by Crippen LogP contribution is 2.31. The highest BCUT2D eigenvalue weighted by molar-refractivity contribution is 5.94. The van der Waals surface area contributed by atoms with E-state index >= 15 is 0 Å². The standard InChI is InChI=1S/C13H14N2.2ClH/c1-15-8-4-7-12-13(15)11-6-3-2-5-10(11)9-14-12;;/h2-3,5-6,9H,4,7-8H2,1H3;2*1H. The van der Waals surface area contributed by atoms with Crippen molar-refractivity contribution >= 4 is 41.3 Å². The minimum Gasteiger partial charge on any atom is -0.373 e. The van der Waals surface area contributed by atoms with Gasteiger partial charge in [0.25, 0.3) is 0 Å². The maximum absolute atomic E-state index is 4.56. The summed E-state index contributed by atoms with van der Waals surface area (Å²) in [6.07, 6.45) is 4.33. The molecule has 0 saturated heterocycles. The molecule has 4 heteroatoms. The van der Waals surface area contributed by atoms with Crippen molar-refractivity contribution in [3.8, 4) is 0 Å². The van der Waals surface area contributed by atoms with Gasteiger partial charge in [-0.15, -0.1) is 24.8 Å². The van der Waals surface area contributed by atoms with E-state index in [-0.39, 0.29) is 24.8 Å². The molecule has 1 aliphatic rings. The topological polar surface area (TPSA) is 16.1 Å². The van der Waals surface area contributed by atoms with Crippen LogP contribution in [0.25, 0.3) is 10.8 Å². The molecule has 92 valence electrons. The number of halogens is 2. The molecule has 0 saturated carbocycles. The minimum atomic E-state index is 0. The molecule has 0 aliphatic carbocycles. The molecule has 0 fully saturated rings. The number of nitrogens with zero attached hydrogens (tertiary/aromatic N) is 2. The molecule has 0 N–H and O–H groups in total. The van der Waals surface area contributed by atoms with Crippen LogP contribution in [0.3, 0.4) is 0 Å². The maximum Gasteiger partial charge on any atom is 0.0662 e. The molecule has 0 radical (unpaired) electrons. The van der Waals surface area contributed by atoms with Crippen molar-refractivity contribution in [3.05, 3.63) is 36.2 Å². The third-order valence-electron chi connectivity index (χ3n) is 3.14. The number of aryl methyl sites for hydroxylation is 1. The Morgan fingerprint density at radius 2 is 1.94 bits per heavy atom. The predicted molar refractivity (Wildman–Crippen MR) is 77.8 cm³/mol. The average molecular weight is 271 g/mol. The Bertz CT molecular complexity index is 514. The molecule has 2 heterocycles. The highest BCUT2D eigenvalue weighted by Gasteiger charge is 2.17. The van der Waals surface area contributed by atoms with E-state index < -0.39 is 0 Å². The number of hydrogen-bond acceptors (Lipinski definition) is 2. The number of pyridine rings is 1. The first-order chi connectivity index (χ1) is 7.36. The second-order valence-electron chi connectivity index (χ2n) is 4.17. The molecule has 0 atom stereocenters. The monoisotopic (exact) mass is 270 g/mol. The van der Waals surface area contributed by atoms with Crippen molar-refractivity contribution in [1.29, 1.82) is 0 Å². The Morgan fingerprint density at radius 3 is 2.76 bits per heavy atom. The summed E-state index contributed by atoms with van der Waals surface area (Å²) in [5, 5.41) is 2.58. The van der Waals surface area contributed by atoms with Crippen LogP contribution in [0.5, 0.6) is 0 Å². The van der Waals surface area contributed by atoms with Crippen LogP contribution in [-0.4, -0.2) is 18.6 Å². The summed E-state index contributed by atoms with van der Waals surface area (Å²) in [5.74, 6) is 0. The third kappa shape index (κ3) is 2.33. The van der Waals surface area contributed by atoms with E-state index in [1.807, 2.05) is 6.20 Å². The van der Waals surface area contributed by atoms with E-state index in [0.29, 0.717) is 0 Å². The maximum atomic E-state index is 4.56. The fraction of sp³-hybridized carbons (Fsp3) is 0.308. The zero-order chi connectivity index (χ0) is 10.3. The van der Waals surface area contributed by atoms with Gasteiger partial charge in [-0.3, -0.25) is 4.98 Å². The Hall–Kier alpha value is -0.990. The SMILES string of the molecule is CN1CCCc2ncc3ccccc3c21.Cl.Cl. The van der Waals surface area contributed by atoms with Crippen molar-refractivity contribution < 1.29 is 0 Å². The van der Waals surface area contributed by atoms with E-state index in [1.54, 1.807) is 0 Å². The van der Waals surface area contributed by atoms with Gasteiger partial charge in [0.1, 0.15) is 0 Å². The van der Waals surface area contributed by atoms with Gasteiger partial charge in [-0.25, -0.2) is 0 Å². The summed E-state index contributed by atoms with van der Waals surface area (Å²) in [6.45, 7) is 1.14. The van der Waals surface area contributed by atoms with Gasteiger partial charge in [0, 0.05) is 30.6 Å². The van der Waals surface area contributed by atoms with Crippen molar-refractivity contribution in [2.75, 3.05) is 18.5 Å². The molecule has 2 aromatic rings. The second-order valence-corrected chi connectivity index (χ2v) is 4.17. The normalized spacial score (nSPS) is 13.6. The number of fused-ring (bicyclic) bond motifs is 3. The summed E-state index contributed by atoms with van der Waals surface area (Å²) >= 11 is 0.